The fraction of sp³-hybridized carbons (Fsp3) is 0.143. The van der Waals surface area contributed by atoms with Crippen LogP contribution in [0.1, 0.15) is 16.0 Å². The highest BCUT2D eigenvalue weighted by Gasteiger charge is 2.19. The van der Waals surface area contributed by atoms with Gasteiger partial charge in [-0.15, -0.1) is 0 Å². The molecule has 0 saturated carbocycles. The fourth-order valence-electron chi connectivity index (χ4n) is 1.78. The minimum absolute atomic E-state index is 0.340. The first-order chi connectivity index (χ1) is 9.02. The number of methoxy groups -OCH3 is 1. The molecule has 0 fully saturated rings. The highest BCUT2D eigenvalue weighted by Crippen LogP contribution is 2.39. The largest absolute Gasteiger partial charge is 0.496 e. The summed E-state index contributed by atoms with van der Waals surface area (Å²) < 4.78 is 19.1. The second-order valence-corrected chi connectivity index (χ2v) is 5.70. The molecule has 0 saturated heterocycles. The quantitative estimate of drug-likeness (QED) is 0.642. The lowest BCUT2D eigenvalue weighted by Gasteiger charge is -2.16. The van der Waals surface area contributed by atoms with E-state index in [1.807, 2.05) is 0 Å². The van der Waals surface area contributed by atoms with E-state index in [0.717, 1.165) is 5.56 Å². The Bertz CT molecular complexity index is 604. The van der Waals surface area contributed by atoms with Gasteiger partial charge < -0.3 is 4.74 Å². The van der Waals surface area contributed by atoms with Gasteiger partial charge in [0.2, 0.25) is 0 Å². The summed E-state index contributed by atoms with van der Waals surface area (Å²) in [6.45, 7) is 0. The molecule has 0 aliphatic carbocycles. The molecular formula is C14H10BrCl2FO. The Morgan fingerprint density at radius 3 is 2.26 bits per heavy atom. The molecule has 2 aromatic rings. The van der Waals surface area contributed by atoms with Crippen LogP contribution in [0.25, 0.3) is 0 Å². The van der Waals surface area contributed by atoms with E-state index in [9.17, 15) is 4.39 Å². The summed E-state index contributed by atoms with van der Waals surface area (Å²) >= 11 is 15.4. The maximum atomic E-state index is 13.9. The minimum Gasteiger partial charge on any atom is -0.496 e. The summed E-state index contributed by atoms with van der Waals surface area (Å²) in [6.07, 6.45) is 0. The highest BCUT2D eigenvalue weighted by atomic mass is 79.9. The van der Waals surface area contributed by atoms with E-state index in [-0.39, 0.29) is 10.6 Å². The number of alkyl halides is 1. The van der Waals surface area contributed by atoms with Gasteiger partial charge >= 0.3 is 0 Å². The standard InChI is InChI=1S/C14H10BrCl2FO/c1-19-13-5-3-9(17)7-11(13)14(15)10-6-8(16)2-4-12(10)18/h2-7,14H,1H3. The normalized spacial score (nSPS) is 12.3. The van der Waals surface area contributed by atoms with Crippen molar-refractivity contribution in [2.75, 3.05) is 7.11 Å². The average Bonchev–Trinajstić information content (AvgIpc) is 2.40. The molecule has 100 valence electrons. The van der Waals surface area contributed by atoms with E-state index in [0.29, 0.717) is 21.4 Å². The molecule has 2 aromatic carbocycles. The minimum atomic E-state index is -0.389. The second-order valence-electron chi connectivity index (χ2n) is 3.91. The predicted octanol–water partition coefficient (Wildman–Crippen LogP) is 5.63. The number of ether oxygens (including phenoxy) is 1. The molecule has 1 unspecified atom stereocenters. The molecule has 0 aliphatic heterocycles. The molecule has 19 heavy (non-hydrogen) atoms. The Labute approximate surface area is 129 Å². The van der Waals surface area contributed by atoms with Gasteiger partial charge in [0.1, 0.15) is 11.6 Å². The Morgan fingerprint density at radius 1 is 1.05 bits per heavy atom. The smallest absolute Gasteiger partial charge is 0.127 e. The summed E-state index contributed by atoms with van der Waals surface area (Å²) in [5, 5.41) is 1.03. The second kappa shape index (κ2) is 6.12. The van der Waals surface area contributed by atoms with Crippen molar-refractivity contribution in [1.29, 1.82) is 0 Å². The lowest BCUT2D eigenvalue weighted by Crippen LogP contribution is -1.99. The number of benzene rings is 2. The van der Waals surface area contributed by atoms with Crippen LogP contribution in [0, 0.1) is 5.82 Å². The molecule has 0 N–H and O–H groups in total. The molecule has 0 radical (unpaired) electrons. The summed E-state index contributed by atoms with van der Waals surface area (Å²) in [5.74, 6) is 0.291. The van der Waals surface area contributed by atoms with Crippen molar-refractivity contribution in [1.82, 2.24) is 0 Å². The number of hydrogen-bond donors (Lipinski definition) is 0. The first-order valence-electron chi connectivity index (χ1n) is 5.45. The van der Waals surface area contributed by atoms with Gasteiger partial charge in [0.05, 0.1) is 11.9 Å². The van der Waals surface area contributed by atoms with E-state index in [1.165, 1.54) is 12.1 Å². The molecule has 0 aromatic heterocycles. The first-order valence-corrected chi connectivity index (χ1v) is 7.12. The van der Waals surface area contributed by atoms with Gasteiger partial charge in [-0.05, 0) is 36.4 Å². The van der Waals surface area contributed by atoms with Gasteiger partial charge in [-0.2, -0.15) is 0 Å². The van der Waals surface area contributed by atoms with Gasteiger partial charge in [-0.3, -0.25) is 0 Å². The monoisotopic (exact) mass is 362 g/mol. The van der Waals surface area contributed by atoms with Gasteiger partial charge in [0.25, 0.3) is 0 Å². The van der Waals surface area contributed by atoms with Crippen molar-refractivity contribution in [2.45, 2.75) is 4.83 Å². The SMILES string of the molecule is COc1ccc(Cl)cc1C(Br)c1cc(Cl)ccc1F. The van der Waals surface area contributed by atoms with E-state index >= 15 is 0 Å². The van der Waals surface area contributed by atoms with Crippen molar-refractivity contribution in [2.24, 2.45) is 0 Å². The third-order valence-electron chi connectivity index (χ3n) is 2.70. The van der Waals surface area contributed by atoms with Crippen LogP contribution in [0.2, 0.25) is 10.0 Å². The number of hydrogen-bond acceptors (Lipinski definition) is 1. The Balaban J connectivity index is 2.51. The third-order valence-corrected chi connectivity index (χ3v) is 4.15. The van der Waals surface area contributed by atoms with Crippen LogP contribution in [0.5, 0.6) is 5.75 Å². The zero-order chi connectivity index (χ0) is 14.0. The Kier molecular flexibility index (Phi) is 4.71. The number of halogens is 4. The summed E-state index contributed by atoms with van der Waals surface area (Å²) in [4.78, 5) is -0.389. The van der Waals surface area contributed by atoms with Gasteiger partial charge in [0, 0.05) is 21.2 Å². The average molecular weight is 364 g/mol. The molecule has 2 rings (SSSR count). The number of rotatable bonds is 3. The molecule has 0 spiro atoms. The maximum absolute atomic E-state index is 13.9. The topological polar surface area (TPSA) is 9.23 Å². The van der Waals surface area contributed by atoms with Crippen molar-refractivity contribution in [3.63, 3.8) is 0 Å². The first kappa shape index (κ1) is 14.6. The van der Waals surface area contributed by atoms with Gasteiger partial charge in [0.15, 0.2) is 0 Å². The lowest BCUT2D eigenvalue weighted by atomic mass is 10.0. The van der Waals surface area contributed by atoms with Crippen molar-refractivity contribution < 1.29 is 9.13 Å². The lowest BCUT2D eigenvalue weighted by molar-refractivity contribution is 0.410. The van der Waals surface area contributed by atoms with Crippen LogP contribution in [-0.2, 0) is 0 Å². The van der Waals surface area contributed by atoms with E-state index in [2.05, 4.69) is 15.9 Å². The zero-order valence-corrected chi connectivity index (χ0v) is 13.1. The Morgan fingerprint density at radius 2 is 1.63 bits per heavy atom. The molecule has 0 bridgehead atoms. The van der Waals surface area contributed by atoms with Gasteiger partial charge in [-0.1, -0.05) is 39.1 Å². The molecular weight excluding hydrogens is 354 g/mol. The van der Waals surface area contributed by atoms with Crippen LogP contribution >= 0.6 is 39.1 Å². The van der Waals surface area contributed by atoms with Crippen LogP contribution in [0.15, 0.2) is 36.4 Å². The van der Waals surface area contributed by atoms with E-state index in [4.69, 9.17) is 27.9 Å². The summed E-state index contributed by atoms with van der Waals surface area (Å²) in [5.41, 5.74) is 1.18. The van der Waals surface area contributed by atoms with E-state index < -0.39 is 0 Å². The van der Waals surface area contributed by atoms with Crippen molar-refractivity contribution in [3.8, 4) is 5.75 Å². The van der Waals surface area contributed by atoms with Crippen molar-refractivity contribution >= 4 is 39.1 Å². The van der Waals surface area contributed by atoms with Crippen LogP contribution < -0.4 is 4.74 Å². The van der Waals surface area contributed by atoms with Crippen LogP contribution in [-0.4, -0.2) is 7.11 Å². The Hall–Kier alpha value is -0.770. The van der Waals surface area contributed by atoms with Crippen LogP contribution in [0.3, 0.4) is 0 Å². The van der Waals surface area contributed by atoms with E-state index in [1.54, 1.807) is 31.4 Å². The molecule has 1 atom stereocenters. The fourth-order valence-corrected chi connectivity index (χ4v) is 2.85. The predicted molar refractivity (Wildman–Crippen MR) is 80.2 cm³/mol. The van der Waals surface area contributed by atoms with Crippen molar-refractivity contribution in [3.05, 3.63) is 63.4 Å². The summed E-state index contributed by atoms with van der Waals surface area (Å²) in [7, 11) is 1.56. The molecule has 5 heteroatoms. The highest BCUT2D eigenvalue weighted by molar-refractivity contribution is 9.09. The third kappa shape index (κ3) is 3.22. The molecule has 1 nitrogen and oxygen atoms in total. The zero-order valence-electron chi connectivity index (χ0n) is 9.96. The van der Waals surface area contributed by atoms with Gasteiger partial charge in [-0.25, -0.2) is 4.39 Å². The molecule has 0 heterocycles. The summed E-state index contributed by atoms with van der Waals surface area (Å²) in [6, 6.07) is 9.63. The molecule has 0 amide bonds. The maximum Gasteiger partial charge on any atom is 0.127 e. The van der Waals surface area contributed by atoms with Crippen LogP contribution in [0.4, 0.5) is 4.39 Å². The molecule has 0 aliphatic rings.